The molecule has 0 amide bonds. The lowest BCUT2D eigenvalue weighted by molar-refractivity contribution is 0.567. The first kappa shape index (κ1) is 16.0. The molecule has 1 aliphatic heterocycles. The van der Waals surface area contributed by atoms with Gasteiger partial charge in [0.2, 0.25) is 5.95 Å². The van der Waals surface area contributed by atoms with E-state index in [1.807, 2.05) is 6.07 Å². The van der Waals surface area contributed by atoms with Crippen molar-refractivity contribution >= 4 is 21.6 Å². The van der Waals surface area contributed by atoms with Crippen molar-refractivity contribution in [3.8, 4) is 0 Å². The van der Waals surface area contributed by atoms with Gasteiger partial charge >= 0.3 is 0 Å². The molecule has 0 spiro atoms. The van der Waals surface area contributed by atoms with Crippen LogP contribution in [0, 0.1) is 0 Å². The highest BCUT2D eigenvalue weighted by Gasteiger charge is 2.15. The molecule has 21 heavy (non-hydrogen) atoms. The quantitative estimate of drug-likeness (QED) is 0.857. The van der Waals surface area contributed by atoms with Crippen molar-refractivity contribution in [2.45, 2.75) is 32.6 Å². The zero-order chi connectivity index (χ0) is 15.3. The monoisotopic (exact) mass is 312 g/mol. The normalized spacial score (nSPS) is 16.0. The minimum atomic E-state index is -2.96. The highest BCUT2D eigenvalue weighted by atomic mass is 32.2. The van der Waals surface area contributed by atoms with Crippen LogP contribution in [0.5, 0.6) is 0 Å². The number of anilines is 2. The van der Waals surface area contributed by atoms with Crippen molar-refractivity contribution in [3.05, 3.63) is 11.8 Å². The number of hydrogen-bond donors (Lipinski definition) is 1. The molecule has 0 radical (unpaired) electrons. The molecule has 1 aromatic heterocycles. The maximum Gasteiger partial charge on any atom is 0.227 e. The molecule has 0 bridgehead atoms. The Labute approximate surface area is 126 Å². The van der Waals surface area contributed by atoms with Gasteiger partial charge in [0.1, 0.15) is 15.7 Å². The second kappa shape index (κ2) is 7.06. The maximum atomic E-state index is 11.2. The Balaban J connectivity index is 2.09. The number of nitrogens with one attached hydrogen (secondary N) is 1. The predicted octanol–water partition coefficient (Wildman–Crippen LogP) is 1.49. The Morgan fingerprint density at radius 3 is 2.57 bits per heavy atom. The third-order valence-corrected chi connectivity index (χ3v) is 4.49. The van der Waals surface area contributed by atoms with Crippen LogP contribution in [0.4, 0.5) is 11.8 Å². The van der Waals surface area contributed by atoms with E-state index in [-0.39, 0.29) is 5.75 Å². The average Bonchev–Trinajstić information content (AvgIpc) is 2.46. The van der Waals surface area contributed by atoms with Crippen LogP contribution in [0.25, 0.3) is 0 Å². The van der Waals surface area contributed by atoms with Crippen LogP contribution in [0.3, 0.4) is 0 Å². The van der Waals surface area contributed by atoms with Crippen molar-refractivity contribution in [2.24, 2.45) is 0 Å². The van der Waals surface area contributed by atoms with Gasteiger partial charge in [-0.15, -0.1) is 0 Å². The van der Waals surface area contributed by atoms with E-state index >= 15 is 0 Å². The Hall–Kier alpha value is -1.37. The van der Waals surface area contributed by atoms with Crippen LogP contribution in [0.15, 0.2) is 6.07 Å². The molecule has 1 aliphatic rings. The smallest absolute Gasteiger partial charge is 0.227 e. The van der Waals surface area contributed by atoms with Gasteiger partial charge in [-0.1, -0.05) is 6.92 Å². The van der Waals surface area contributed by atoms with Crippen LogP contribution >= 0.6 is 0 Å². The molecule has 0 aliphatic carbocycles. The van der Waals surface area contributed by atoms with Gasteiger partial charge in [-0.3, -0.25) is 0 Å². The van der Waals surface area contributed by atoms with E-state index < -0.39 is 9.84 Å². The lowest BCUT2D eigenvalue weighted by atomic mass is 10.1. The highest BCUT2D eigenvalue weighted by Crippen LogP contribution is 2.18. The van der Waals surface area contributed by atoms with Gasteiger partial charge in [0.05, 0.1) is 5.75 Å². The van der Waals surface area contributed by atoms with E-state index in [0.29, 0.717) is 12.4 Å². The molecule has 0 aromatic carbocycles. The molecule has 0 unspecified atom stereocenters. The van der Waals surface area contributed by atoms with Crippen LogP contribution in [-0.4, -0.2) is 50.0 Å². The van der Waals surface area contributed by atoms with Crippen LogP contribution in [0.1, 0.15) is 31.9 Å². The van der Waals surface area contributed by atoms with Gasteiger partial charge in [-0.05, 0) is 25.7 Å². The largest absolute Gasteiger partial charge is 0.369 e. The van der Waals surface area contributed by atoms with Crippen molar-refractivity contribution in [2.75, 3.05) is 41.9 Å². The first-order chi connectivity index (χ1) is 9.98. The van der Waals surface area contributed by atoms with Crippen molar-refractivity contribution in [3.63, 3.8) is 0 Å². The third kappa shape index (κ3) is 5.15. The van der Waals surface area contributed by atoms with E-state index in [4.69, 9.17) is 0 Å². The number of aromatic nitrogens is 2. The highest BCUT2D eigenvalue weighted by molar-refractivity contribution is 7.90. The molecular formula is C14H24N4O2S. The van der Waals surface area contributed by atoms with Crippen LogP contribution < -0.4 is 10.2 Å². The first-order valence-corrected chi connectivity index (χ1v) is 9.58. The van der Waals surface area contributed by atoms with E-state index in [0.717, 1.165) is 31.2 Å². The standard InChI is InChI=1S/C14H24N4O2S/c1-3-12-11-13(15-7-10-21(2,19)20)17-14(16-12)18-8-5-4-6-9-18/h11H,3-10H2,1-2H3,(H,15,16,17). The zero-order valence-corrected chi connectivity index (χ0v) is 13.6. The SMILES string of the molecule is CCc1cc(NCCS(C)(=O)=O)nc(N2CCCCC2)n1. The average molecular weight is 312 g/mol. The molecule has 1 fully saturated rings. The number of aryl methyl sites for hydroxylation is 1. The lowest BCUT2D eigenvalue weighted by Crippen LogP contribution is -2.31. The van der Waals surface area contributed by atoms with E-state index in [2.05, 4.69) is 27.1 Å². The van der Waals surface area contributed by atoms with E-state index in [9.17, 15) is 8.42 Å². The van der Waals surface area contributed by atoms with E-state index in [1.165, 1.54) is 25.5 Å². The Kier molecular flexibility index (Phi) is 5.39. The summed E-state index contributed by atoms with van der Waals surface area (Å²) >= 11 is 0. The second-order valence-corrected chi connectivity index (χ2v) is 7.76. The first-order valence-electron chi connectivity index (χ1n) is 7.52. The fraction of sp³-hybridized carbons (Fsp3) is 0.714. The van der Waals surface area contributed by atoms with Gasteiger partial charge in [0.25, 0.3) is 0 Å². The molecule has 6 nitrogen and oxygen atoms in total. The minimum absolute atomic E-state index is 0.109. The molecule has 1 saturated heterocycles. The molecule has 118 valence electrons. The van der Waals surface area contributed by atoms with Crippen LogP contribution in [0.2, 0.25) is 0 Å². The molecule has 7 heteroatoms. The number of sulfone groups is 1. The van der Waals surface area contributed by atoms with Crippen molar-refractivity contribution in [1.82, 2.24) is 9.97 Å². The summed E-state index contributed by atoms with van der Waals surface area (Å²) in [5, 5.41) is 3.10. The number of nitrogens with zero attached hydrogens (tertiary/aromatic N) is 3. The number of piperidine rings is 1. The van der Waals surface area contributed by atoms with Gasteiger partial charge in [-0.25, -0.2) is 13.4 Å². The summed E-state index contributed by atoms with van der Waals surface area (Å²) in [6.45, 7) is 4.42. The molecule has 2 rings (SSSR count). The molecule has 0 saturated carbocycles. The summed E-state index contributed by atoms with van der Waals surface area (Å²) in [7, 11) is -2.96. The Bertz CT molecular complexity index is 568. The lowest BCUT2D eigenvalue weighted by Gasteiger charge is -2.27. The maximum absolute atomic E-state index is 11.2. The van der Waals surface area contributed by atoms with Crippen molar-refractivity contribution < 1.29 is 8.42 Å². The third-order valence-electron chi connectivity index (χ3n) is 3.55. The fourth-order valence-electron chi connectivity index (χ4n) is 2.36. The molecule has 2 heterocycles. The summed E-state index contributed by atoms with van der Waals surface area (Å²) in [5.41, 5.74) is 0.979. The van der Waals surface area contributed by atoms with Gasteiger partial charge in [0.15, 0.2) is 0 Å². The predicted molar refractivity (Wildman–Crippen MR) is 85.7 cm³/mol. The number of rotatable bonds is 6. The molecule has 0 atom stereocenters. The van der Waals surface area contributed by atoms with Crippen LogP contribution in [-0.2, 0) is 16.3 Å². The van der Waals surface area contributed by atoms with Gasteiger partial charge in [0, 0.05) is 37.7 Å². The van der Waals surface area contributed by atoms with Crippen molar-refractivity contribution in [1.29, 1.82) is 0 Å². The van der Waals surface area contributed by atoms with Gasteiger partial charge < -0.3 is 10.2 Å². The fourth-order valence-corrected chi connectivity index (χ4v) is 2.83. The number of hydrogen-bond acceptors (Lipinski definition) is 6. The summed E-state index contributed by atoms with van der Waals surface area (Å²) in [5.74, 6) is 1.58. The van der Waals surface area contributed by atoms with E-state index in [1.54, 1.807) is 0 Å². The summed E-state index contributed by atoms with van der Waals surface area (Å²) < 4.78 is 22.4. The van der Waals surface area contributed by atoms with Gasteiger partial charge in [-0.2, -0.15) is 4.98 Å². The summed E-state index contributed by atoms with van der Waals surface area (Å²) in [6, 6.07) is 1.90. The summed E-state index contributed by atoms with van der Waals surface area (Å²) in [6.07, 6.45) is 5.70. The Morgan fingerprint density at radius 1 is 1.24 bits per heavy atom. The minimum Gasteiger partial charge on any atom is -0.369 e. The Morgan fingerprint density at radius 2 is 1.95 bits per heavy atom. The molecule has 1 aromatic rings. The second-order valence-electron chi connectivity index (χ2n) is 5.50. The molecule has 1 N–H and O–H groups in total. The zero-order valence-electron chi connectivity index (χ0n) is 12.8. The summed E-state index contributed by atoms with van der Waals surface area (Å²) in [4.78, 5) is 11.3. The molecular weight excluding hydrogens is 288 g/mol. The topological polar surface area (TPSA) is 75.2 Å².